The zero-order valence-electron chi connectivity index (χ0n) is 10.4. The maximum absolute atomic E-state index is 12.4. The first-order valence-corrected chi connectivity index (χ1v) is 8.12. The summed E-state index contributed by atoms with van der Waals surface area (Å²) in [6.45, 7) is 4.20. The molecule has 0 aliphatic rings. The molecule has 0 amide bonds. The van der Waals surface area contributed by atoms with E-state index in [9.17, 15) is 4.57 Å². The molecule has 18 heavy (non-hydrogen) atoms. The van der Waals surface area contributed by atoms with E-state index >= 15 is 0 Å². The van der Waals surface area contributed by atoms with E-state index in [0.29, 0.717) is 18.8 Å². The van der Waals surface area contributed by atoms with Gasteiger partial charge in [-0.25, -0.2) is 0 Å². The molecule has 0 heterocycles. The van der Waals surface area contributed by atoms with E-state index in [-0.39, 0.29) is 6.16 Å². The van der Waals surface area contributed by atoms with Crippen LogP contribution in [0.3, 0.4) is 0 Å². The molecular weight excluding hydrogens is 317 g/mol. The Labute approximate surface area is 116 Å². The number of rotatable bonds is 6. The molecule has 0 atom stereocenters. The van der Waals surface area contributed by atoms with E-state index in [1.807, 2.05) is 6.07 Å². The van der Waals surface area contributed by atoms with Gasteiger partial charge in [-0.1, -0.05) is 15.9 Å². The van der Waals surface area contributed by atoms with Gasteiger partial charge in [0.15, 0.2) is 0 Å². The number of nitrogens with zero attached hydrogens (tertiary/aromatic N) is 1. The molecule has 0 bridgehead atoms. The van der Waals surface area contributed by atoms with Crippen molar-refractivity contribution in [3.05, 3.63) is 33.8 Å². The van der Waals surface area contributed by atoms with Crippen molar-refractivity contribution < 1.29 is 13.6 Å². The first kappa shape index (κ1) is 15.4. The summed E-state index contributed by atoms with van der Waals surface area (Å²) in [7, 11) is -3.12. The largest absolute Gasteiger partial charge is 0.335 e. The molecule has 0 N–H and O–H groups in total. The fraction of sp³-hybridized carbons (Fsp3) is 0.417. The van der Waals surface area contributed by atoms with Gasteiger partial charge >= 0.3 is 7.60 Å². The number of hydrogen-bond acceptors (Lipinski definition) is 4. The summed E-state index contributed by atoms with van der Waals surface area (Å²) in [5.74, 6) is 0. The summed E-state index contributed by atoms with van der Waals surface area (Å²) in [6, 6.07) is 7.26. The molecule has 98 valence electrons. The Kier molecular flexibility index (Phi) is 6.04. The summed E-state index contributed by atoms with van der Waals surface area (Å²) in [4.78, 5) is 0. The highest BCUT2D eigenvalue weighted by atomic mass is 79.9. The predicted octanol–water partition coefficient (Wildman–Crippen LogP) is 4.09. The van der Waals surface area contributed by atoms with Crippen LogP contribution in [0.1, 0.15) is 25.0 Å². The van der Waals surface area contributed by atoms with E-state index in [0.717, 1.165) is 10.0 Å². The fourth-order valence-corrected chi connectivity index (χ4v) is 3.77. The molecule has 0 aromatic heterocycles. The van der Waals surface area contributed by atoms with Crippen LogP contribution in [0.25, 0.3) is 0 Å². The molecule has 0 saturated carbocycles. The van der Waals surface area contributed by atoms with Crippen molar-refractivity contribution in [2.24, 2.45) is 0 Å². The van der Waals surface area contributed by atoms with Crippen LogP contribution in [0.5, 0.6) is 0 Å². The van der Waals surface area contributed by atoms with Gasteiger partial charge in [-0.2, -0.15) is 5.26 Å². The Bertz CT molecular complexity index is 489. The van der Waals surface area contributed by atoms with Crippen LogP contribution in [-0.2, 0) is 19.8 Å². The van der Waals surface area contributed by atoms with E-state index in [1.165, 1.54) is 0 Å². The zero-order chi connectivity index (χ0) is 13.6. The molecule has 0 fully saturated rings. The van der Waals surface area contributed by atoms with Gasteiger partial charge in [0.1, 0.15) is 0 Å². The molecule has 0 aliphatic heterocycles. The van der Waals surface area contributed by atoms with Gasteiger partial charge in [0.05, 0.1) is 31.0 Å². The zero-order valence-corrected chi connectivity index (χ0v) is 12.8. The van der Waals surface area contributed by atoms with Crippen LogP contribution in [-0.4, -0.2) is 13.2 Å². The summed E-state index contributed by atoms with van der Waals surface area (Å²) in [5.41, 5.74) is 1.27. The van der Waals surface area contributed by atoms with Gasteiger partial charge in [0.2, 0.25) is 0 Å². The van der Waals surface area contributed by atoms with E-state index in [4.69, 9.17) is 14.3 Å². The van der Waals surface area contributed by atoms with Crippen molar-refractivity contribution in [3.63, 3.8) is 0 Å². The quantitative estimate of drug-likeness (QED) is 0.736. The molecule has 1 aromatic carbocycles. The van der Waals surface area contributed by atoms with Crippen LogP contribution < -0.4 is 0 Å². The van der Waals surface area contributed by atoms with E-state index in [1.54, 1.807) is 26.0 Å². The molecule has 0 spiro atoms. The smallest absolute Gasteiger partial charge is 0.309 e. The number of nitriles is 1. The van der Waals surface area contributed by atoms with Crippen molar-refractivity contribution in [2.45, 2.75) is 20.0 Å². The molecule has 0 aliphatic carbocycles. The minimum atomic E-state index is -3.12. The van der Waals surface area contributed by atoms with E-state index < -0.39 is 7.60 Å². The third-order valence-corrected chi connectivity index (χ3v) is 4.63. The summed E-state index contributed by atoms with van der Waals surface area (Å²) < 4.78 is 23.6. The van der Waals surface area contributed by atoms with Crippen molar-refractivity contribution in [3.8, 4) is 6.07 Å². The van der Waals surface area contributed by atoms with Crippen LogP contribution in [0.4, 0.5) is 0 Å². The standard InChI is InChI=1S/C12H15BrNO3P/c1-3-16-18(15,17-4-2)9-11-5-10(8-14)6-12(13)7-11/h5-7H,3-4,9H2,1-2H3. The summed E-state index contributed by atoms with van der Waals surface area (Å²) in [6.07, 6.45) is 0.169. The Morgan fingerprint density at radius 2 is 1.89 bits per heavy atom. The molecule has 4 nitrogen and oxygen atoms in total. The lowest BCUT2D eigenvalue weighted by molar-refractivity contribution is 0.219. The lowest BCUT2D eigenvalue weighted by atomic mass is 10.2. The minimum Gasteiger partial charge on any atom is -0.309 e. The molecule has 1 aromatic rings. The number of benzene rings is 1. The normalized spacial score (nSPS) is 11.2. The van der Waals surface area contributed by atoms with Crippen molar-refractivity contribution in [2.75, 3.05) is 13.2 Å². The second-order valence-electron chi connectivity index (χ2n) is 3.56. The Balaban J connectivity index is 2.97. The Morgan fingerprint density at radius 1 is 1.28 bits per heavy atom. The SMILES string of the molecule is CCOP(=O)(Cc1cc(Br)cc(C#N)c1)OCC. The first-order valence-electron chi connectivity index (χ1n) is 5.60. The summed E-state index contributed by atoms with van der Waals surface area (Å²) in [5, 5.41) is 8.89. The average Bonchev–Trinajstić information content (AvgIpc) is 2.28. The van der Waals surface area contributed by atoms with Crippen LogP contribution >= 0.6 is 23.5 Å². The highest BCUT2D eigenvalue weighted by Crippen LogP contribution is 2.51. The number of hydrogen-bond donors (Lipinski definition) is 0. The molecule has 0 radical (unpaired) electrons. The molecular formula is C12H15BrNO3P. The van der Waals surface area contributed by atoms with Gasteiger partial charge < -0.3 is 9.05 Å². The minimum absolute atomic E-state index is 0.169. The maximum atomic E-state index is 12.4. The van der Waals surface area contributed by atoms with Crippen LogP contribution in [0.15, 0.2) is 22.7 Å². The van der Waals surface area contributed by atoms with Crippen LogP contribution in [0.2, 0.25) is 0 Å². The average molecular weight is 332 g/mol. The second-order valence-corrected chi connectivity index (χ2v) is 6.53. The van der Waals surface area contributed by atoms with Crippen molar-refractivity contribution in [1.82, 2.24) is 0 Å². The lowest BCUT2D eigenvalue weighted by Gasteiger charge is -2.17. The predicted molar refractivity (Wildman–Crippen MR) is 73.4 cm³/mol. The highest BCUT2D eigenvalue weighted by Gasteiger charge is 2.24. The van der Waals surface area contributed by atoms with E-state index in [2.05, 4.69) is 22.0 Å². The van der Waals surface area contributed by atoms with Gasteiger partial charge in [0.25, 0.3) is 0 Å². The molecule has 6 heteroatoms. The van der Waals surface area contributed by atoms with Gasteiger partial charge in [-0.3, -0.25) is 4.57 Å². The molecule has 1 rings (SSSR count). The topological polar surface area (TPSA) is 59.3 Å². The highest BCUT2D eigenvalue weighted by molar-refractivity contribution is 9.10. The fourth-order valence-electron chi connectivity index (χ4n) is 1.55. The maximum Gasteiger partial charge on any atom is 0.335 e. The molecule has 0 saturated heterocycles. The van der Waals surface area contributed by atoms with Crippen molar-refractivity contribution >= 4 is 23.5 Å². The Morgan fingerprint density at radius 3 is 2.39 bits per heavy atom. The first-order chi connectivity index (χ1) is 8.53. The Hall–Kier alpha value is -0.660. The van der Waals surface area contributed by atoms with Gasteiger partial charge in [-0.15, -0.1) is 0 Å². The third kappa shape index (κ3) is 4.55. The van der Waals surface area contributed by atoms with Crippen LogP contribution in [0, 0.1) is 11.3 Å². The third-order valence-electron chi connectivity index (χ3n) is 2.11. The number of halogens is 1. The second kappa shape index (κ2) is 7.06. The lowest BCUT2D eigenvalue weighted by Crippen LogP contribution is -1.99. The van der Waals surface area contributed by atoms with Crippen molar-refractivity contribution in [1.29, 1.82) is 5.26 Å². The summed E-state index contributed by atoms with van der Waals surface area (Å²) >= 11 is 3.32. The molecule has 0 unspecified atom stereocenters. The van der Waals surface area contributed by atoms with Gasteiger partial charge in [-0.05, 0) is 37.6 Å². The monoisotopic (exact) mass is 331 g/mol. The van der Waals surface area contributed by atoms with Gasteiger partial charge in [0, 0.05) is 4.47 Å².